The summed E-state index contributed by atoms with van der Waals surface area (Å²) in [6, 6.07) is 18.6. The Bertz CT molecular complexity index is 680. The van der Waals surface area contributed by atoms with Gasteiger partial charge < -0.3 is 15.5 Å². The van der Waals surface area contributed by atoms with Gasteiger partial charge >= 0.3 is 6.03 Å². The van der Waals surface area contributed by atoms with Crippen LogP contribution >= 0.6 is 0 Å². The molecule has 2 unspecified atom stereocenters. The Labute approximate surface area is 130 Å². The molecule has 0 saturated carbocycles. The van der Waals surface area contributed by atoms with Crippen molar-refractivity contribution in [2.45, 2.75) is 18.5 Å². The van der Waals surface area contributed by atoms with Crippen LogP contribution in [0.4, 0.5) is 10.5 Å². The molecule has 4 nitrogen and oxygen atoms in total. The second-order valence-corrected chi connectivity index (χ2v) is 5.88. The van der Waals surface area contributed by atoms with E-state index in [9.17, 15) is 4.79 Å². The van der Waals surface area contributed by atoms with E-state index in [1.54, 1.807) is 0 Å². The number of hydrogen-bond donors (Lipinski definition) is 2. The standard InChI is InChI=1S/C18H19N3O/c22-18-20-16-9-5-4-8-15(16)17(13-6-2-1-3-7-13)21(18)14-10-11-19-12-14/h1-9,14,17,19H,10-12H2,(H,20,22). The molecule has 112 valence electrons. The number of anilines is 1. The highest BCUT2D eigenvalue weighted by Crippen LogP contribution is 2.39. The Morgan fingerprint density at radius 1 is 1.00 bits per heavy atom. The first-order valence-corrected chi connectivity index (χ1v) is 7.78. The lowest BCUT2D eigenvalue weighted by atomic mass is 9.92. The lowest BCUT2D eigenvalue weighted by Crippen LogP contribution is -2.49. The molecule has 0 radical (unpaired) electrons. The summed E-state index contributed by atoms with van der Waals surface area (Å²) >= 11 is 0. The predicted octanol–water partition coefficient (Wildman–Crippen LogP) is 2.99. The van der Waals surface area contributed by atoms with E-state index in [1.165, 1.54) is 5.56 Å². The smallest absolute Gasteiger partial charge is 0.315 e. The minimum absolute atomic E-state index is 0.00116. The molecule has 2 heterocycles. The molecule has 4 rings (SSSR count). The molecule has 2 aromatic rings. The van der Waals surface area contributed by atoms with Crippen molar-refractivity contribution in [1.82, 2.24) is 10.2 Å². The molecule has 2 aromatic carbocycles. The van der Waals surface area contributed by atoms with Gasteiger partial charge in [-0.2, -0.15) is 0 Å². The first-order chi connectivity index (χ1) is 10.8. The first kappa shape index (κ1) is 13.3. The maximum Gasteiger partial charge on any atom is 0.322 e. The summed E-state index contributed by atoms with van der Waals surface area (Å²) in [5, 5.41) is 6.41. The van der Waals surface area contributed by atoms with Crippen molar-refractivity contribution in [3.63, 3.8) is 0 Å². The van der Waals surface area contributed by atoms with E-state index in [0.717, 1.165) is 30.8 Å². The van der Waals surface area contributed by atoms with Gasteiger partial charge in [0.15, 0.2) is 0 Å². The Balaban J connectivity index is 1.84. The molecule has 0 spiro atoms. The topological polar surface area (TPSA) is 44.4 Å². The van der Waals surface area contributed by atoms with Gasteiger partial charge in [0.2, 0.25) is 0 Å². The number of carbonyl (C=O) groups is 1. The molecule has 0 aromatic heterocycles. The second kappa shape index (κ2) is 5.46. The van der Waals surface area contributed by atoms with E-state index in [4.69, 9.17) is 0 Å². The average Bonchev–Trinajstić information content (AvgIpc) is 3.08. The van der Waals surface area contributed by atoms with Crippen molar-refractivity contribution in [1.29, 1.82) is 0 Å². The van der Waals surface area contributed by atoms with Crippen LogP contribution in [0.25, 0.3) is 0 Å². The van der Waals surface area contributed by atoms with Crippen LogP contribution in [0, 0.1) is 0 Å². The number of urea groups is 1. The zero-order valence-electron chi connectivity index (χ0n) is 12.3. The van der Waals surface area contributed by atoms with Gasteiger partial charge in [0.25, 0.3) is 0 Å². The predicted molar refractivity (Wildman–Crippen MR) is 86.9 cm³/mol. The number of hydrogen-bond acceptors (Lipinski definition) is 2. The number of rotatable bonds is 2. The molecule has 2 aliphatic heterocycles. The van der Waals surface area contributed by atoms with Crippen LogP contribution in [-0.4, -0.2) is 30.1 Å². The zero-order chi connectivity index (χ0) is 14.9. The number of carbonyl (C=O) groups excluding carboxylic acids is 1. The second-order valence-electron chi connectivity index (χ2n) is 5.88. The van der Waals surface area contributed by atoms with E-state index in [2.05, 4.69) is 28.8 Å². The average molecular weight is 293 g/mol. The van der Waals surface area contributed by atoms with Gasteiger partial charge in [-0.1, -0.05) is 48.5 Å². The maximum atomic E-state index is 12.7. The molecule has 2 amide bonds. The van der Waals surface area contributed by atoms with E-state index in [-0.39, 0.29) is 18.1 Å². The van der Waals surface area contributed by atoms with Crippen LogP contribution in [0.2, 0.25) is 0 Å². The van der Waals surface area contributed by atoms with Crippen molar-refractivity contribution in [2.24, 2.45) is 0 Å². The number of amides is 2. The lowest BCUT2D eigenvalue weighted by Gasteiger charge is -2.41. The van der Waals surface area contributed by atoms with Crippen LogP contribution in [0.15, 0.2) is 54.6 Å². The van der Waals surface area contributed by atoms with Gasteiger partial charge in [-0.15, -0.1) is 0 Å². The fourth-order valence-corrected chi connectivity index (χ4v) is 3.53. The summed E-state index contributed by atoms with van der Waals surface area (Å²) in [6.07, 6.45) is 0.999. The molecule has 2 atom stereocenters. The van der Waals surface area contributed by atoms with Crippen LogP contribution in [0.3, 0.4) is 0 Å². The lowest BCUT2D eigenvalue weighted by molar-refractivity contribution is 0.170. The fourth-order valence-electron chi connectivity index (χ4n) is 3.53. The van der Waals surface area contributed by atoms with Crippen molar-refractivity contribution >= 4 is 11.7 Å². The Kier molecular flexibility index (Phi) is 3.31. The fraction of sp³-hybridized carbons (Fsp3) is 0.278. The number of fused-ring (bicyclic) bond motifs is 1. The van der Waals surface area contributed by atoms with E-state index < -0.39 is 0 Å². The third kappa shape index (κ3) is 2.16. The van der Waals surface area contributed by atoms with Gasteiger partial charge in [0.1, 0.15) is 0 Å². The minimum atomic E-state index is -0.0175. The zero-order valence-corrected chi connectivity index (χ0v) is 12.3. The van der Waals surface area contributed by atoms with Gasteiger partial charge in [0, 0.05) is 23.8 Å². The van der Waals surface area contributed by atoms with Crippen molar-refractivity contribution in [2.75, 3.05) is 18.4 Å². The van der Waals surface area contributed by atoms with Crippen molar-refractivity contribution in [3.05, 3.63) is 65.7 Å². The summed E-state index contributed by atoms with van der Waals surface area (Å²) in [4.78, 5) is 14.7. The molecule has 2 N–H and O–H groups in total. The van der Waals surface area contributed by atoms with Gasteiger partial charge in [0.05, 0.1) is 6.04 Å². The van der Waals surface area contributed by atoms with Crippen LogP contribution < -0.4 is 10.6 Å². The Morgan fingerprint density at radius 3 is 2.55 bits per heavy atom. The molecular weight excluding hydrogens is 274 g/mol. The minimum Gasteiger partial charge on any atom is -0.315 e. The number of nitrogens with zero attached hydrogens (tertiary/aromatic N) is 1. The molecular formula is C18H19N3O. The van der Waals surface area contributed by atoms with Gasteiger partial charge in [-0.05, 0) is 24.6 Å². The summed E-state index contributed by atoms with van der Waals surface area (Å²) < 4.78 is 0. The highest BCUT2D eigenvalue weighted by atomic mass is 16.2. The van der Waals surface area contributed by atoms with Crippen LogP contribution in [-0.2, 0) is 0 Å². The molecule has 1 saturated heterocycles. The molecule has 1 fully saturated rings. The van der Waals surface area contributed by atoms with E-state index >= 15 is 0 Å². The molecule has 4 heteroatoms. The quantitative estimate of drug-likeness (QED) is 0.894. The molecule has 0 bridgehead atoms. The van der Waals surface area contributed by atoms with E-state index in [1.807, 2.05) is 41.3 Å². The van der Waals surface area contributed by atoms with Gasteiger partial charge in [-0.3, -0.25) is 0 Å². The summed E-state index contributed by atoms with van der Waals surface area (Å²) in [5.74, 6) is 0. The summed E-state index contributed by atoms with van der Waals surface area (Å²) in [7, 11) is 0. The summed E-state index contributed by atoms with van der Waals surface area (Å²) in [6.45, 7) is 1.83. The normalized spacial score (nSPS) is 24.0. The molecule has 22 heavy (non-hydrogen) atoms. The van der Waals surface area contributed by atoms with Gasteiger partial charge in [-0.25, -0.2) is 4.79 Å². The Hall–Kier alpha value is -2.33. The van der Waals surface area contributed by atoms with E-state index in [0.29, 0.717) is 0 Å². The highest BCUT2D eigenvalue weighted by Gasteiger charge is 2.38. The third-order valence-electron chi connectivity index (χ3n) is 4.55. The van der Waals surface area contributed by atoms with Crippen LogP contribution in [0.1, 0.15) is 23.6 Å². The SMILES string of the molecule is O=C1Nc2ccccc2C(c2ccccc2)N1C1CCNC1. The first-order valence-electron chi connectivity index (χ1n) is 7.78. The number of para-hydroxylation sites is 1. The van der Waals surface area contributed by atoms with Crippen LogP contribution in [0.5, 0.6) is 0 Å². The highest BCUT2D eigenvalue weighted by molar-refractivity contribution is 5.94. The molecule has 2 aliphatic rings. The largest absolute Gasteiger partial charge is 0.322 e. The van der Waals surface area contributed by atoms with Crippen molar-refractivity contribution < 1.29 is 4.79 Å². The third-order valence-corrected chi connectivity index (χ3v) is 4.55. The number of nitrogens with one attached hydrogen (secondary N) is 2. The number of benzene rings is 2. The monoisotopic (exact) mass is 293 g/mol. The van der Waals surface area contributed by atoms with Crippen molar-refractivity contribution in [3.8, 4) is 0 Å². The molecule has 0 aliphatic carbocycles. The maximum absolute atomic E-state index is 12.7. The Morgan fingerprint density at radius 2 is 1.77 bits per heavy atom. The summed E-state index contributed by atoms with van der Waals surface area (Å²) in [5.41, 5.74) is 3.25.